The van der Waals surface area contributed by atoms with E-state index in [0.717, 1.165) is 6.42 Å². The summed E-state index contributed by atoms with van der Waals surface area (Å²) in [7, 11) is 1.65. The number of rotatable bonds is 3. The summed E-state index contributed by atoms with van der Waals surface area (Å²) in [6, 6.07) is 0. The molecule has 0 atom stereocenters. The average molecular weight is 113 g/mol. The highest BCUT2D eigenvalue weighted by Gasteiger charge is 1.72. The molecule has 0 heterocycles. The molecular weight excluding hydrogens is 100 g/mol. The molecule has 0 N–H and O–H groups in total. The molecule has 0 aromatic carbocycles. The quantitative estimate of drug-likeness (QED) is 0.300. The van der Waals surface area contributed by atoms with Crippen LogP contribution in [0.25, 0.3) is 0 Å². The first-order chi connectivity index (χ1) is 3.91. The Morgan fingerprint density at radius 1 is 1.50 bits per heavy atom. The van der Waals surface area contributed by atoms with Gasteiger partial charge < -0.3 is 0 Å². The van der Waals surface area contributed by atoms with Crippen molar-refractivity contribution >= 4 is 6.29 Å². The van der Waals surface area contributed by atoms with Crippen LogP contribution in [0.3, 0.4) is 0 Å². The van der Waals surface area contributed by atoms with Crippen molar-refractivity contribution < 1.29 is 4.42 Å². The highest BCUT2D eigenvalue weighted by atomic mass is 16.4. The Bertz CT molecular complexity index is 82.4. The van der Waals surface area contributed by atoms with Crippen LogP contribution < -0.4 is 0 Å². The molecule has 0 saturated heterocycles. The summed E-state index contributed by atoms with van der Waals surface area (Å²) in [6.07, 6.45) is 8.02. The first-order valence-corrected chi connectivity index (χ1v) is 2.93. The molecule has 0 aliphatic rings. The fourth-order valence-corrected chi connectivity index (χ4v) is 0.397. The van der Waals surface area contributed by atoms with Gasteiger partial charge in [-0.15, -0.1) is 0 Å². The molecule has 0 aromatic rings. The maximum Gasteiger partial charge on any atom is 0.307 e. The number of aldehydes is 1. The predicted octanol–water partition coefficient (Wildman–Crippen LogP) is 1.71. The normalized spacial score (nSPS) is 11.8. The lowest BCUT2D eigenvalue weighted by molar-refractivity contribution is -0.413. The zero-order chi connectivity index (χ0) is 6.24. The van der Waals surface area contributed by atoms with Crippen molar-refractivity contribution in [3.63, 3.8) is 0 Å². The van der Waals surface area contributed by atoms with E-state index in [4.69, 9.17) is 0 Å². The summed E-state index contributed by atoms with van der Waals surface area (Å²) in [4.78, 5) is 0. The van der Waals surface area contributed by atoms with Crippen molar-refractivity contribution in [2.75, 3.05) is 7.11 Å². The van der Waals surface area contributed by atoms with E-state index in [-0.39, 0.29) is 0 Å². The smallest absolute Gasteiger partial charge is 0.266 e. The lowest BCUT2D eigenvalue weighted by Gasteiger charge is -1.75. The molecule has 0 rings (SSSR count). The number of allylic oxidation sites excluding steroid dienone is 2. The highest BCUT2D eigenvalue weighted by Crippen LogP contribution is 1.85. The third kappa shape index (κ3) is 5.41. The monoisotopic (exact) mass is 113 g/mol. The van der Waals surface area contributed by atoms with E-state index in [9.17, 15) is 0 Å². The molecule has 0 spiro atoms. The summed E-state index contributed by atoms with van der Waals surface area (Å²) >= 11 is 0. The van der Waals surface area contributed by atoms with Gasteiger partial charge in [0.1, 0.15) is 0 Å². The largest absolute Gasteiger partial charge is 0.307 e. The number of hydrogen-bond acceptors (Lipinski definition) is 0. The number of carbonyl (C=O) groups excluding carboxylic acids is 1. The zero-order valence-electron chi connectivity index (χ0n) is 5.55. The minimum absolute atomic E-state index is 1.14. The molecule has 0 saturated carbocycles. The van der Waals surface area contributed by atoms with Gasteiger partial charge in [-0.1, -0.05) is 19.4 Å². The van der Waals surface area contributed by atoms with E-state index in [0.29, 0.717) is 0 Å². The topological polar surface area (TPSA) is 11.3 Å². The summed E-state index contributed by atoms with van der Waals surface area (Å²) < 4.78 is 4.68. The van der Waals surface area contributed by atoms with Gasteiger partial charge in [-0.25, -0.2) is 0 Å². The first-order valence-electron chi connectivity index (χ1n) is 2.93. The fraction of sp³-hybridized carbons (Fsp3) is 0.571. The van der Waals surface area contributed by atoms with Gasteiger partial charge in [-0.2, -0.15) is 0 Å². The highest BCUT2D eigenvalue weighted by molar-refractivity contribution is 5.64. The van der Waals surface area contributed by atoms with Crippen molar-refractivity contribution in [3.8, 4) is 0 Å². The maximum absolute atomic E-state index is 4.68. The second-order valence-electron chi connectivity index (χ2n) is 1.59. The molecule has 0 bridgehead atoms. The van der Waals surface area contributed by atoms with Gasteiger partial charge in [-0.05, 0) is 6.42 Å². The van der Waals surface area contributed by atoms with Crippen molar-refractivity contribution in [3.05, 3.63) is 12.2 Å². The lowest BCUT2D eigenvalue weighted by atomic mass is 10.3. The van der Waals surface area contributed by atoms with Gasteiger partial charge in [0.15, 0.2) is 0 Å². The van der Waals surface area contributed by atoms with Gasteiger partial charge in [0.2, 0.25) is 0 Å². The van der Waals surface area contributed by atoms with Crippen LogP contribution in [0.2, 0.25) is 0 Å². The minimum Gasteiger partial charge on any atom is -0.266 e. The molecular formula is C7H13O+. The van der Waals surface area contributed by atoms with Gasteiger partial charge in [0.05, 0.1) is 0 Å². The van der Waals surface area contributed by atoms with E-state index in [1.807, 2.05) is 6.08 Å². The fourth-order valence-electron chi connectivity index (χ4n) is 0.397. The molecule has 0 radical (unpaired) electrons. The third-order valence-electron chi connectivity index (χ3n) is 0.806. The minimum atomic E-state index is 1.14. The van der Waals surface area contributed by atoms with Crippen LogP contribution >= 0.6 is 0 Å². The first kappa shape index (κ1) is 7.41. The van der Waals surface area contributed by atoms with Crippen molar-refractivity contribution in [2.24, 2.45) is 0 Å². The molecule has 8 heavy (non-hydrogen) atoms. The molecule has 46 valence electrons. The van der Waals surface area contributed by atoms with E-state index in [1.165, 1.54) is 6.42 Å². The molecule has 0 aliphatic heterocycles. The predicted molar refractivity (Wildman–Crippen MR) is 36.0 cm³/mol. The second-order valence-corrected chi connectivity index (χ2v) is 1.59. The Morgan fingerprint density at radius 2 is 2.25 bits per heavy atom. The van der Waals surface area contributed by atoms with Crippen LogP contribution in [0, 0.1) is 0 Å². The Morgan fingerprint density at radius 3 is 2.75 bits per heavy atom. The van der Waals surface area contributed by atoms with E-state index in [1.54, 1.807) is 13.4 Å². The van der Waals surface area contributed by atoms with Crippen LogP contribution in [-0.2, 0) is 4.42 Å². The standard InChI is InChI=1S/C7H13O/c1-3-4-5-6-7-8-2/h5-7H,3-4H2,1-2H3/q+1/b6-5+. The Labute approximate surface area is 50.7 Å². The van der Waals surface area contributed by atoms with Crippen LogP contribution in [0.1, 0.15) is 19.8 Å². The van der Waals surface area contributed by atoms with Crippen LogP contribution in [0.4, 0.5) is 0 Å². The van der Waals surface area contributed by atoms with E-state index >= 15 is 0 Å². The summed E-state index contributed by atoms with van der Waals surface area (Å²) in [5.74, 6) is 0. The zero-order valence-corrected chi connectivity index (χ0v) is 5.55. The molecule has 1 nitrogen and oxygen atoms in total. The SMILES string of the molecule is CCC/C=C/C=[O+]C. The number of hydrogen-bond donors (Lipinski definition) is 0. The van der Waals surface area contributed by atoms with E-state index in [2.05, 4.69) is 17.4 Å². The molecule has 0 amide bonds. The maximum atomic E-state index is 4.68. The van der Waals surface area contributed by atoms with Crippen molar-refractivity contribution in [1.29, 1.82) is 0 Å². The van der Waals surface area contributed by atoms with Crippen LogP contribution in [0.5, 0.6) is 0 Å². The van der Waals surface area contributed by atoms with Gasteiger partial charge in [0, 0.05) is 6.08 Å². The Balaban J connectivity index is 3.07. The number of unbranched alkanes of at least 4 members (excludes halogenated alkanes) is 1. The van der Waals surface area contributed by atoms with Crippen molar-refractivity contribution in [2.45, 2.75) is 19.8 Å². The van der Waals surface area contributed by atoms with Gasteiger partial charge in [0.25, 0.3) is 7.11 Å². The van der Waals surface area contributed by atoms with Crippen LogP contribution in [0.15, 0.2) is 12.2 Å². The summed E-state index contributed by atoms with van der Waals surface area (Å²) in [5.41, 5.74) is 0. The molecule has 0 unspecified atom stereocenters. The summed E-state index contributed by atoms with van der Waals surface area (Å²) in [6.45, 7) is 2.15. The molecule has 0 fully saturated rings. The lowest BCUT2D eigenvalue weighted by Crippen LogP contribution is -1.67. The van der Waals surface area contributed by atoms with Gasteiger partial charge in [-0.3, -0.25) is 4.42 Å². The molecule has 1 heteroatoms. The third-order valence-corrected chi connectivity index (χ3v) is 0.806. The Kier molecular flexibility index (Phi) is 5.94. The van der Waals surface area contributed by atoms with Crippen LogP contribution in [-0.4, -0.2) is 13.4 Å². The Hall–Kier alpha value is -0.590. The van der Waals surface area contributed by atoms with E-state index < -0.39 is 0 Å². The summed E-state index contributed by atoms with van der Waals surface area (Å²) in [5, 5.41) is 0. The van der Waals surface area contributed by atoms with Gasteiger partial charge >= 0.3 is 6.29 Å². The average Bonchev–Trinajstić information content (AvgIpc) is 1.81. The molecule has 0 aromatic heterocycles. The molecule has 0 aliphatic carbocycles. The van der Waals surface area contributed by atoms with Crippen molar-refractivity contribution in [1.82, 2.24) is 0 Å². The second kappa shape index (κ2) is 6.41.